The molecule has 116 valence electrons. The first-order valence-electron chi connectivity index (χ1n) is 8.90. The summed E-state index contributed by atoms with van der Waals surface area (Å²) in [4.78, 5) is 2.77. The van der Waals surface area contributed by atoms with Crippen LogP contribution in [0.3, 0.4) is 0 Å². The molecule has 3 fully saturated rings. The Morgan fingerprint density at radius 1 is 1.05 bits per heavy atom. The summed E-state index contributed by atoms with van der Waals surface area (Å²) in [5.41, 5.74) is 0.0356. The van der Waals surface area contributed by atoms with E-state index in [0.717, 1.165) is 18.9 Å². The largest absolute Gasteiger partial charge is 0.394 e. The van der Waals surface area contributed by atoms with Crippen molar-refractivity contribution in [2.24, 2.45) is 0 Å². The zero-order valence-corrected chi connectivity index (χ0v) is 13.1. The van der Waals surface area contributed by atoms with Crippen LogP contribution in [-0.4, -0.2) is 46.8 Å². The zero-order valence-electron chi connectivity index (χ0n) is 13.1. The highest BCUT2D eigenvalue weighted by atomic mass is 16.3. The Hall–Kier alpha value is -0.120. The molecule has 2 unspecified atom stereocenters. The van der Waals surface area contributed by atoms with Crippen molar-refractivity contribution in [3.8, 4) is 0 Å². The average Bonchev–Trinajstić information content (AvgIpc) is 3.20. The van der Waals surface area contributed by atoms with Crippen LogP contribution in [0, 0.1) is 0 Å². The summed E-state index contributed by atoms with van der Waals surface area (Å²) in [6, 6.07) is 2.21. The highest BCUT2D eigenvalue weighted by Crippen LogP contribution is 2.38. The number of nitrogens with one attached hydrogen (secondary N) is 1. The third kappa shape index (κ3) is 3.20. The molecule has 0 aromatic heterocycles. The van der Waals surface area contributed by atoms with Gasteiger partial charge in [-0.3, -0.25) is 4.90 Å². The second kappa shape index (κ2) is 6.33. The van der Waals surface area contributed by atoms with E-state index in [2.05, 4.69) is 17.1 Å². The van der Waals surface area contributed by atoms with Gasteiger partial charge >= 0.3 is 0 Å². The average molecular weight is 280 g/mol. The molecule has 0 amide bonds. The molecule has 3 saturated carbocycles. The molecule has 0 saturated heterocycles. The maximum absolute atomic E-state index is 9.89. The molecule has 2 N–H and O–H groups in total. The molecule has 3 aliphatic rings. The molecule has 0 aromatic rings. The topological polar surface area (TPSA) is 35.5 Å². The number of aliphatic hydroxyl groups is 1. The van der Waals surface area contributed by atoms with E-state index in [4.69, 9.17) is 0 Å². The van der Waals surface area contributed by atoms with Gasteiger partial charge in [-0.1, -0.05) is 26.2 Å². The fraction of sp³-hybridized carbons (Fsp3) is 1.00. The lowest BCUT2D eigenvalue weighted by molar-refractivity contribution is 0.0971. The molecule has 3 rings (SSSR count). The van der Waals surface area contributed by atoms with Crippen LogP contribution in [0.25, 0.3) is 0 Å². The van der Waals surface area contributed by atoms with Crippen molar-refractivity contribution in [2.75, 3.05) is 13.2 Å². The molecular formula is C17H32N2O. The molecular weight excluding hydrogens is 248 g/mol. The monoisotopic (exact) mass is 280 g/mol. The van der Waals surface area contributed by atoms with Crippen LogP contribution < -0.4 is 5.32 Å². The zero-order chi connectivity index (χ0) is 14.0. The molecule has 0 bridgehead atoms. The molecule has 0 heterocycles. The molecule has 3 nitrogen and oxygen atoms in total. The van der Waals surface area contributed by atoms with Crippen molar-refractivity contribution in [1.82, 2.24) is 10.2 Å². The van der Waals surface area contributed by atoms with E-state index in [1.165, 1.54) is 57.9 Å². The normalized spacial score (nSPS) is 35.9. The first-order chi connectivity index (χ1) is 9.76. The van der Waals surface area contributed by atoms with Gasteiger partial charge in [0.15, 0.2) is 0 Å². The Kier molecular flexibility index (Phi) is 4.68. The van der Waals surface area contributed by atoms with Gasteiger partial charge in [0.05, 0.1) is 6.61 Å². The maximum Gasteiger partial charge on any atom is 0.0614 e. The van der Waals surface area contributed by atoms with Crippen LogP contribution in [0.2, 0.25) is 0 Å². The van der Waals surface area contributed by atoms with E-state index in [1.54, 1.807) is 0 Å². The van der Waals surface area contributed by atoms with E-state index in [9.17, 15) is 5.11 Å². The molecule has 0 spiro atoms. The quantitative estimate of drug-likeness (QED) is 0.785. The van der Waals surface area contributed by atoms with Crippen molar-refractivity contribution >= 4 is 0 Å². The van der Waals surface area contributed by atoms with Crippen LogP contribution in [0.1, 0.15) is 71.1 Å². The van der Waals surface area contributed by atoms with E-state index in [0.29, 0.717) is 18.7 Å². The minimum absolute atomic E-state index is 0.0356. The van der Waals surface area contributed by atoms with Gasteiger partial charge in [0.1, 0.15) is 0 Å². The van der Waals surface area contributed by atoms with Gasteiger partial charge in [-0.15, -0.1) is 0 Å². The molecule has 3 heteroatoms. The van der Waals surface area contributed by atoms with Gasteiger partial charge in [0.2, 0.25) is 0 Å². The van der Waals surface area contributed by atoms with Gasteiger partial charge in [-0.2, -0.15) is 0 Å². The first kappa shape index (κ1) is 14.8. The first-order valence-corrected chi connectivity index (χ1v) is 8.90. The summed E-state index contributed by atoms with van der Waals surface area (Å²) in [6.45, 7) is 3.82. The van der Waals surface area contributed by atoms with Crippen LogP contribution >= 0.6 is 0 Å². The van der Waals surface area contributed by atoms with Crippen molar-refractivity contribution in [3.63, 3.8) is 0 Å². The van der Waals surface area contributed by atoms with Crippen LogP contribution in [0.15, 0.2) is 0 Å². The predicted molar refractivity (Wildman–Crippen MR) is 82.9 cm³/mol. The molecule has 2 atom stereocenters. The fourth-order valence-electron chi connectivity index (χ4n) is 4.59. The summed E-state index contributed by atoms with van der Waals surface area (Å²) >= 11 is 0. The number of hydrogen-bond donors (Lipinski definition) is 2. The van der Waals surface area contributed by atoms with Crippen LogP contribution in [0.5, 0.6) is 0 Å². The van der Waals surface area contributed by atoms with Crippen molar-refractivity contribution in [1.29, 1.82) is 0 Å². The maximum atomic E-state index is 9.89. The van der Waals surface area contributed by atoms with Crippen LogP contribution in [-0.2, 0) is 0 Å². The van der Waals surface area contributed by atoms with E-state index < -0.39 is 0 Å². The van der Waals surface area contributed by atoms with E-state index in [1.807, 2.05) is 0 Å². The Balaban J connectivity index is 1.61. The third-order valence-electron chi connectivity index (χ3n) is 5.85. The molecule has 0 aromatic carbocycles. The molecule has 0 radical (unpaired) electrons. The molecule has 20 heavy (non-hydrogen) atoms. The number of aliphatic hydroxyl groups excluding tert-OH is 1. The lowest BCUT2D eigenvalue weighted by Gasteiger charge is -2.39. The van der Waals surface area contributed by atoms with Gasteiger partial charge in [0.25, 0.3) is 0 Å². The number of rotatable bonds is 6. The van der Waals surface area contributed by atoms with Gasteiger partial charge in [0, 0.05) is 23.7 Å². The molecule has 0 aliphatic heterocycles. The predicted octanol–water partition coefficient (Wildman–Crippen LogP) is 2.68. The lowest BCUT2D eigenvalue weighted by atomic mass is 9.92. The SMILES string of the molecule is CCN(C1CCCCC1)C1CCC(CO)(NC2CC2)C1. The second-order valence-corrected chi connectivity index (χ2v) is 7.38. The third-order valence-corrected chi connectivity index (χ3v) is 5.85. The highest BCUT2D eigenvalue weighted by Gasteiger charge is 2.44. The lowest BCUT2D eigenvalue weighted by Crippen LogP contribution is -2.50. The van der Waals surface area contributed by atoms with Gasteiger partial charge in [-0.05, 0) is 51.5 Å². The fourth-order valence-corrected chi connectivity index (χ4v) is 4.59. The summed E-state index contributed by atoms with van der Waals surface area (Å²) in [5, 5.41) is 13.6. The Labute approximate surface area is 124 Å². The molecule has 3 aliphatic carbocycles. The smallest absolute Gasteiger partial charge is 0.0614 e. The van der Waals surface area contributed by atoms with E-state index >= 15 is 0 Å². The van der Waals surface area contributed by atoms with E-state index in [-0.39, 0.29) is 5.54 Å². The Morgan fingerprint density at radius 3 is 2.40 bits per heavy atom. The summed E-state index contributed by atoms with van der Waals surface area (Å²) in [5.74, 6) is 0. The Bertz CT molecular complexity index is 312. The van der Waals surface area contributed by atoms with Gasteiger partial charge < -0.3 is 10.4 Å². The van der Waals surface area contributed by atoms with Crippen molar-refractivity contribution < 1.29 is 5.11 Å². The van der Waals surface area contributed by atoms with Crippen molar-refractivity contribution in [3.05, 3.63) is 0 Å². The highest BCUT2D eigenvalue weighted by molar-refractivity contribution is 5.03. The number of hydrogen-bond acceptors (Lipinski definition) is 3. The minimum Gasteiger partial charge on any atom is -0.394 e. The second-order valence-electron chi connectivity index (χ2n) is 7.38. The minimum atomic E-state index is 0.0356. The van der Waals surface area contributed by atoms with Gasteiger partial charge in [-0.25, -0.2) is 0 Å². The van der Waals surface area contributed by atoms with Crippen molar-refractivity contribution in [2.45, 2.75) is 94.8 Å². The number of nitrogens with zero attached hydrogens (tertiary/aromatic N) is 1. The van der Waals surface area contributed by atoms with Crippen LogP contribution in [0.4, 0.5) is 0 Å². The Morgan fingerprint density at radius 2 is 1.80 bits per heavy atom. The summed E-state index contributed by atoms with van der Waals surface area (Å²) < 4.78 is 0. The summed E-state index contributed by atoms with van der Waals surface area (Å²) in [6.07, 6.45) is 13.3. The summed E-state index contributed by atoms with van der Waals surface area (Å²) in [7, 11) is 0. The standard InChI is InChI=1S/C17H32N2O/c1-2-19(15-6-4-3-5-7-15)16-10-11-17(12-16,13-20)18-14-8-9-14/h14-16,18,20H,2-13H2,1H3.